The van der Waals surface area contributed by atoms with Crippen molar-refractivity contribution in [1.29, 1.82) is 0 Å². The zero-order valence-corrected chi connectivity index (χ0v) is 10.7. The van der Waals surface area contributed by atoms with Gasteiger partial charge in [-0.25, -0.2) is 0 Å². The number of hydrogen-bond donors (Lipinski definition) is 0. The number of halogens is 1. The molecule has 0 saturated heterocycles. The van der Waals surface area contributed by atoms with Gasteiger partial charge in [-0.15, -0.1) is 0 Å². The number of allylic oxidation sites excluding steroid dienone is 3. The van der Waals surface area contributed by atoms with Crippen LogP contribution in [0.3, 0.4) is 0 Å². The van der Waals surface area contributed by atoms with Crippen LogP contribution >= 0.6 is 22.6 Å². The zero-order valence-electron chi connectivity index (χ0n) is 8.52. The molecule has 0 amide bonds. The van der Waals surface area contributed by atoms with Gasteiger partial charge >= 0.3 is 0 Å². The van der Waals surface area contributed by atoms with Gasteiger partial charge in [0.05, 0.1) is 0 Å². The normalized spacial score (nSPS) is 24.8. The van der Waals surface area contributed by atoms with E-state index >= 15 is 0 Å². The Morgan fingerprint density at radius 3 is 2.60 bits per heavy atom. The molecule has 2 rings (SSSR count). The van der Waals surface area contributed by atoms with Crippen LogP contribution in [0.4, 0.5) is 0 Å². The van der Waals surface area contributed by atoms with Crippen LogP contribution in [-0.2, 0) is 5.41 Å². The summed E-state index contributed by atoms with van der Waals surface area (Å²) in [5.74, 6) is 0. The third-order valence-electron chi connectivity index (χ3n) is 2.58. The van der Waals surface area contributed by atoms with Gasteiger partial charge in [-0.3, -0.25) is 4.99 Å². The molecule has 0 radical (unpaired) electrons. The summed E-state index contributed by atoms with van der Waals surface area (Å²) < 4.78 is 1.02. The summed E-state index contributed by atoms with van der Waals surface area (Å²) in [6.45, 7) is 2.19. The fourth-order valence-electron chi connectivity index (χ4n) is 1.59. The lowest BCUT2D eigenvalue weighted by Crippen LogP contribution is -2.14. The Morgan fingerprint density at radius 2 is 1.87 bits per heavy atom. The first kappa shape index (κ1) is 10.6. The average Bonchev–Trinajstić information content (AvgIpc) is 2.44. The molecule has 1 aliphatic heterocycles. The van der Waals surface area contributed by atoms with Crippen molar-refractivity contribution in [1.82, 2.24) is 0 Å². The van der Waals surface area contributed by atoms with Gasteiger partial charge in [-0.05, 0) is 41.2 Å². The summed E-state index contributed by atoms with van der Waals surface area (Å²) in [6, 6.07) is 10.5. The van der Waals surface area contributed by atoms with E-state index in [1.54, 1.807) is 0 Å². The summed E-state index contributed by atoms with van der Waals surface area (Å²) in [5.41, 5.74) is 1.25. The third-order valence-corrected chi connectivity index (χ3v) is 3.22. The van der Waals surface area contributed by atoms with Crippen molar-refractivity contribution in [2.75, 3.05) is 0 Å². The first-order valence-corrected chi connectivity index (χ1v) is 5.94. The van der Waals surface area contributed by atoms with E-state index in [4.69, 9.17) is 0 Å². The fraction of sp³-hybridized carbons (Fsp3) is 0.154. The number of aliphatic imine (C=N–C) groups is 1. The topological polar surface area (TPSA) is 12.4 Å². The maximum atomic E-state index is 4.28. The number of benzene rings is 1. The standard InChI is InChI=1S/C13H12IN/c1-13(11-5-3-2-4-6-11)8-7-12(14)15-10-9-13/h2-10H,1H3. The molecule has 0 saturated carbocycles. The van der Waals surface area contributed by atoms with Crippen LogP contribution < -0.4 is 0 Å². The molecule has 76 valence electrons. The second-order valence-corrected chi connectivity index (χ2v) is 4.85. The van der Waals surface area contributed by atoms with Crippen LogP contribution in [0.5, 0.6) is 0 Å². The molecule has 1 aromatic rings. The Hall–Kier alpha value is -0.900. The van der Waals surface area contributed by atoms with Crippen molar-refractivity contribution >= 4 is 26.3 Å². The van der Waals surface area contributed by atoms with Crippen molar-refractivity contribution in [2.24, 2.45) is 4.99 Å². The minimum Gasteiger partial charge on any atom is -0.251 e. The third kappa shape index (κ3) is 2.37. The van der Waals surface area contributed by atoms with E-state index in [2.05, 4.69) is 77.0 Å². The summed E-state index contributed by atoms with van der Waals surface area (Å²) in [4.78, 5) is 4.28. The number of hydrogen-bond acceptors (Lipinski definition) is 1. The van der Waals surface area contributed by atoms with E-state index < -0.39 is 0 Å². The van der Waals surface area contributed by atoms with Crippen LogP contribution in [0.1, 0.15) is 12.5 Å². The molecule has 1 atom stereocenters. The molecular weight excluding hydrogens is 297 g/mol. The Kier molecular flexibility index (Phi) is 3.05. The van der Waals surface area contributed by atoms with Gasteiger partial charge in [0.15, 0.2) is 0 Å². The molecule has 1 aromatic carbocycles. The van der Waals surface area contributed by atoms with Gasteiger partial charge in [-0.2, -0.15) is 0 Å². The van der Waals surface area contributed by atoms with E-state index in [0.29, 0.717) is 0 Å². The Morgan fingerprint density at radius 1 is 1.13 bits per heavy atom. The highest BCUT2D eigenvalue weighted by molar-refractivity contribution is 14.1. The van der Waals surface area contributed by atoms with Crippen molar-refractivity contribution in [3.8, 4) is 0 Å². The van der Waals surface area contributed by atoms with Crippen molar-refractivity contribution in [3.63, 3.8) is 0 Å². The minimum atomic E-state index is -0.0440. The summed E-state index contributed by atoms with van der Waals surface area (Å²) in [5, 5.41) is 0. The second kappa shape index (κ2) is 4.31. The van der Waals surface area contributed by atoms with Gasteiger partial charge in [0.1, 0.15) is 3.72 Å². The molecule has 1 nitrogen and oxygen atoms in total. The van der Waals surface area contributed by atoms with Crippen molar-refractivity contribution < 1.29 is 0 Å². The molecule has 2 heteroatoms. The molecule has 1 unspecified atom stereocenters. The first-order chi connectivity index (χ1) is 7.21. The van der Waals surface area contributed by atoms with Crippen LogP contribution in [0.15, 0.2) is 59.8 Å². The minimum absolute atomic E-state index is 0.0440. The Bertz CT molecular complexity index is 431. The molecule has 0 aliphatic carbocycles. The highest BCUT2D eigenvalue weighted by Crippen LogP contribution is 2.28. The Labute approximate surface area is 104 Å². The van der Waals surface area contributed by atoms with E-state index in [1.165, 1.54) is 5.56 Å². The molecule has 0 spiro atoms. The average molecular weight is 309 g/mol. The predicted molar refractivity (Wildman–Crippen MR) is 73.5 cm³/mol. The quantitative estimate of drug-likeness (QED) is 0.699. The maximum absolute atomic E-state index is 4.28. The fourth-order valence-corrected chi connectivity index (χ4v) is 1.93. The predicted octanol–water partition coefficient (Wildman–Crippen LogP) is 3.86. The summed E-state index contributed by atoms with van der Waals surface area (Å²) in [7, 11) is 0. The molecular formula is C13H12IN. The van der Waals surface area contributed by atoms with Gasteiger partial charge in [0.2, 0.25) is 0 Å². The van der Waals surface area contributed by atoms with Crippen LogP contribution in [0, 0.1) is 0 Å². The zero-order chi connectivity index (χ0) is 10.7. The van der Waals surface area contributed by atoms with E-state index in [9.17, 15) is 0 Å². The first-order valence-electron chi connectivity index (χ1n) is 4.86. The summed E-state index contributed by atoms with van der Waals surface area (Å²) >= 11 is 2.23. The van der Waals surface area contributed by atoms with Crippen molar-refractivity contribution in [2.45, 2.75) is 12.3 Å². The molecule has 0 fully saturated rings. The van der Waals surface area contributed by atoms with Crippen LogP contribution in [-0.4, -0.2) is 3.72 Å². The highest BCUT2D eigenvalue weighted by atomic mass is 127. The second-order valence-electron chi connectivity index (χ2n) is 3.75. The monoisotopic (exact) mass is 309 g/mol. The van der Waals surface area contributed by atoms with Gasteiger partial charge in [0.25, 0.3) is 0 Å². The number of rotatable bonds is 1. The molecule has 0 bridgehead atoms. The SMILES string of the molecule is CC1(c2ccccc2)C=CN=C(I)C=C1. The Balaban J connectivity index is 2.41. The van der Waals surface area contributed by atoms with E-state index in [-0.39, 0.29) is 5.41 Å². The molecule has 15 heavy (non-hydrogen) atoms. The lowest BCUT2D eigenvalue weighted by molar-refractivity contribution is 0.758. The molecule has 0 N–H and O–H groups in total. The van der Waals surface area contributed by atoms with E-state index in [1.807, 2.05) is 12.3 Å². The van der Waals surface area contributed by atoms with Crippen LogP contribution in [0.25, 0.3) is 0 Å². The van der Waals surface area contributed by atoms with Crippen molar-refractivity contribution in [3.05, 3.63) is 60.3 Å². The van der Waals surface area contributed by atoms with Crippen LogP contribution in [0.2, 0.25) is 0 Å². The largest absolute Gasteiger partial charge is 0.251 e. The van der Waals surface area contributed by atoms with Gasteiger partial charge in [-0.1, -0.05) is 42.5 Å². The van der Waals surface area contributed by atoms with Gasteiger partial charge < -0.3 is 0 Å². The lowest BCUT2D eigenvalue weighted by Gasteiger charge is -2.21. The van der Waals surface area contributed by atoms with E-state index in [0.717, 1.165) is 3.72 Å². The smallest absolute Gasteiger partial charge is 0.101 e. The lowest BCUT2D eigenvalue weighted by atomic mass is 9.82. The molecule has 1 heterocycles. The molecule has 0 aromatic heterocycles. The van der Waals surface area contributed by atoms with Gasteiger partial charge in [0, 0.05) is 11.6 Å². The molecule has 1 aliphatic rings. The number of nitrogens with zero attached hydrogens (tertiary/aromatic N) is 1. The maximum Gasteiger partial charge on any atom is 0.101 e. The summed E-state index contributed by atoms with van der Waals surface area (Å²) in [6.07, 6.45) is 8.27. The highest BCUT2D eigenvalue weighted by Gasteiger charge is 2.20.